The van der Waals surface area contributed by atoms with Gasteiger partial charge in [0.1, 0.15) is 6.10 Å². The molecule has 0 saturated carbocycles. The molecule has 4 N–H and O–H groups in total. The molecule has 1 aromatic carbocycles. The molecular formula is C11H14F3NO2. The van der Waals surface area contributed by atoms with Crippen LogP contribution < -0.4 is 5.73 Å². The zero-order chi connectivity index (χ0) is 13.2. The predicted molar refractivity (Wildman–Crippen MR) is 56.2 cm³/mol. The molecule has 0 saturated heterocycles. The molecule has 17 heavy (non-hydrogen) atoms. The van der Waals surface area contributed by atoms with Gasteiger partial charge < -0.3 is 15.9 Å². The average Bonchev–Trinajstić information content (AvgIpc) is 2.25. The van der Waals surface area contributed by atoms with Crippen molar-refractivity contribution in [3.63, 3.8) is 0 Å². The molecule has 1 aromatic rings. The first-order valence-electron chi connectivity index (χ1n) is 5.01. The van der Waals surface area contributed by atoms with Crippen LogP contribution in [-0.2, 0) is 6.18 Å². The van der Waals surface area contributed by atoms with Gasteiger partial charge in [-0.2, -0.15) is 13.2 Å². The first-order valence-corrected chi connectivity index (χ1v) is 5.01. The van der Waals surface area contributed by atoms with Gasteiger partial charge in [0.25, 0.3) is 0 Å². The maximum atomic E-state index is 12.4. The zero-order valence-electron chi connectivity index (χ0n) is 9.20. The molecule has 2 unspecified atom stereocenters. The second kappa shape index (κ2) is 5.03. The van der Waals surface area contributed by atoms with Gasteiger partial charge in [-0.1, -0.05) is 6.07 Å². The molecule has 0 fully saturated rings. The lowest BCUT2D eigenvalue weighted by molar-refractivity contribution is -0.137. The second-order valence-electron chi connectivity index (χ2n) is 3.82. The third kappa shape index (κ3) is 3.18. The summed E-state index contributed by atoms with van der Waals surface area (Å²) >= 11 is 0. The van der Waals surface area contributed by atoms with Crippen LogP contribution >= 0.6 is 0 Å². The Morgan fingerprint density at radius 1 is 1.29 bits per heavy atom. The third-order valence-electron chi connectivity index (χ3n) is 2.52. The van der Waals surface area contributed by atoms with Crippen LogP contribution in [0.5, 0.6) is 0 Å². The third-order valence-corrected chi connectivity index (χ3v) is 2.52. The average molecular weight is 249 g/mol. The summed E-state index contributed by atoms with van der Waals surface area (Å²) in [6.07, 6.45) is -6.88. The van der Waals surface area contributed by atoms with E-state index in [4.69, 9.17) is 5.73 Å². The van der Waals surface area contributed by atoms with Crippen LogP contribution in [0.3, 0.4) is 0 Å². The molecule has 0 aliphatic carbocycles. The van der Waals surface area contributed by atoms with E-state index in [0.29, 0.717) is 0 Å². The smallest absolute Gasteiger partial charge is 0.389 e. The summed E-state index contributed by atoms with van der Waals surface area (Å²) in [4.78, 5) is 0. The van der Waals surface area contributed by atoms with Crippen molar-refractivity contribution in [3.05, 3.63) is 34.9 Å². The lowest BCUT2D eigenvalue weighted by Gasteiger charge is -2.19. The Hall–Kier alpha value is -1.11. The number of aryl methyl sites for hydroxylation is 1. The molecule has 0 aliphatic rings. The largest absolute Gasteiger partial charge is 0.416 e. The summed E-state index contributed by atoms with van der Waals surface area (Å²) in [5.41, 5.74) is 4.90. The molecule has 0 bridgehead atoms. The van der Waals surface area contributed by atoms with Gasteiger partial charge in [-0.15, -0.1) is 0 Å². The molecule has 0 aliphatic heterocycles. The van der Waals surface area contributed by atoms with E-state index in [1.54, 1.807) is 0 Å². The molecule has 0 radical (unpaired) electrons. The van der Waals surface area contributed by atoms with Gasteiger partial charge in [0.15, 0.2) is 0 Å². The van der Waals surface area contributed by atoms with E-state index in [1.165, 1.54) is 6.92 Å². The minimum absolute atomic E-state index is 0.165. The van der Waals surface area contributed by atoms with E-state index in [1.807, 2.05) is 0 Å². The summed E-state index contributed by atoms with van der Waals surface area (Å²) in [7, 11) is 0. The number of aliphatic hydroxyl groups excluding tert-OH is 2. The first kappa shape index (κ1) is 14.0. The topological polar surface area (TPSA) is 66.5 Å². The van der Waals surface area contributed by atoms with Crippen molar-refractivity contribution in [2.45, 2.75) is 25.3 Å². The fraction of sp³-hybridized carbons (Fsp3) is 0.455. The minimum atomic E-state index is -4.42. The van der Waals surface area contributed by atoms with Crippen molar-refractivity contribution in [3.8, 4) is 0 Å². The van der Waals surface area contributed by atoms with Crippen molar-refractivity contribution >= 4 is 0 Å². The first-order chi connectivity index (χ1) is 7.77. The summed E-state index contributed by atoms with van der Waals surface area (Å²) in [6.45, 7) is 1.28. The SMILES string of the molecule is Cc1cc(C(F)(F)F)ccc1C(O)C(O)CN. The number of aliphatic hydroxyl groups is 2. The van der Waals surface area contributed by atoms with E-state index in [2.05, 4.69) is 0 Å². The van der Waals surface area contributed by atoms with E-state index in [-0.39, 0.29) is 17.7 Å². The summed E-state index contributed by atoms with van der Waals surface area (Å²) < 4.78 is 37.2. The highest BCUT2D eigenvalue weighted by atomic mass is 19.4. The van der Waals surface area contributed by atoms with Gasteiger partial charge in [-0.05, 0) is 30.2 Å². The van der Waals surface area contributed by atoms with E-state index in [0.717, 1.165) is 18.2 Å². The van der Waals surface area contributed by atoms with Gasteiger partial charge in [0, 0.05) is 6.54 Å². The van der Waals surface area contributed by atoms with Crippen molar-refractivity contribution in [2.75, 3.05) is 6.54 Å². The van der Waals surface area contributed by atoms with Crippen LogP contribution in [0.2, 0.25) is 0 Å². The number of nitrogens with two attached hydrogens (primary N) is 1. The molecule has 2 atom stereocenters. The Bertz CT molecular complexity index is 393. The van der Waals surface area contributed by atoms with Gasteiger partial charge in [0.05, 0.1) is 11.7 Å². The van der Waals surface area contributed by atoms with Crippen molar-refractivity contribution in [1.82, 2.24) is 0 Å². The Morgan fingerprint density at radius 2 is 1.88 bits per heavy atom. The minimum Gasteiger partial charge on any atom is -0.389 e. The van der Waals surface area contributed by atoms with Crippen molar-refractivity contribution in [2.24, 2.45) is 5.73 Å². The monoisotopic (exact) mass is 249 g/mol. The normalized spacial score (nSPS) is 15.7. The summed E-state index contributed by atoms with van der Waals surface area (Å²) in [5, 5.41) is 19.0. The van der Waals surface area contributed by atoms with Crippen LogP contribution in [0.4, 0.5) is 13.2 Å². The predicted octanol–water partition coefficient (Wildman–Crippen LogP) is 1.37. The Morgan fingerprint density at radius 3 is 2.29 bits per heavy atom. The van der Waals surface area contributed by atoms with E-state index in [9.17, 15) is 23.4 Å². The highest BCUT2D eigenvalue weighted by Gasteiger charge is 2.31. The number of rotatable bonds is 3. The van der Waals surface area contributed by atoms with Crippen LogP contribution in [-0.4, -0.2) is 22.9 Å². The fourth-order valence-corrected chi connectivity index (χ4v) is 1.52. The molecule has 0 amide bonds. The van der Waals surface area contributed by atoms with Crippen molar-refractivity contribution < 1.29 is 23.4 Å². The number of hydrogen-bond acceptors (Lipinski definition) is 3. The molecule has 6 heteroatoms. The van der Waals surface area contributed by atoms with Crippen LogP contribution in [0.1, 0.15) is 22.8 Å². The lowest BCUT2D eigenvalue weighted by Crippen LogP contribution is -2.27. The number of alkyl halides is 3. The van der Waals surface area contributed by atoms with Gasteiger partial charge in [-0.25, -0.2) is 0 Å². The summed E-state index contributed by atoms with van der Waals surface area (Å²) in [6, 6.07) is 2.96. The number of hydrogen-bond donors (Lipinski definition) is 3. The van der Waals surface area contributed by atoms with Gasteiger partial charge in [0.2, 0.25) is 0 Å². The standard InChI is InChI=1S/C11H14F3NO2/c1-6-4-7(11(12,13)14)2-3-8(6)10(17)9(16)5-15/h2-4,9-10,16-17H,5,15H2,1H3. The van der Waals surface area contributed by atoms with Crippen LogP contribution in [0.15, 0.2) is 18.2 Å². The van der Waals surface area contributed by atoms with Crippen LogP contribution in [0.25, 0.3) is 0 Å². The number of halogens is 3. The Balaban J connectivity index is 3.06. The Kier molecular flexibility index (Phi) is 4.13. The zero-order valence-corrected chi connectivity index (χ0v) is 9.20. The van der Waals surface area contributed by atoms with Crippen LogP contribution in [0, 0.1) is 6.92 Å². The molecule has 0 spiro atoms. The molecular weight excluding hydrogens is 235 g/mol. The van der Waals surface area contributed by atoms with Gasteiger partial charge in [-0.3, -0.25) is 0 Å². The number of benzene rings is 1. The summed E-state index contributed by atoms with van der Waals surface area (Å²) in [5.74, 6) is 0. The maximum Gasteiger partial charge on any atom is 0.416 e. The molecule has 0 heterocycles. The maximum absolute atomic E-state index is 12.4. The second-order valence-corrected chi connectivity index (χ2v) is 3.82. The molecule has 96 valence electrons. The molecule has 0 aromatic heterocycles. The molecule has 3 nitrogen and oxygen atoms in total. The lowest BCUT2D eigenvalue weighted by atomic mass is 9.97. The van der Waals surface area contributed by atoms with E-state index >= 15 is 0 Å². The van der Waals surface area contributed by atoms with Gasteiger partial charge >= 0.3 is 6.18 Å². The Labute approximate surface area is 96.7 Å². The fourth-order valence-electron chi connectivity index (χ4n) is 1.52. The van der Waals surface area contributed by atoms with Crippen molar-refractivity contribution in [1.29, 1.82) is 0 Å². The highest BCUT2D eigenvalue weighted by Crippen LogP contribution is 2.32. The molecule has 1 rings (SSSR count). The quantitative estimate of drug-likeness (QED) is 0.758. The highest BCUT2D eigenvalue weighted by molar-refractivity contribution is 5.34. The van der Waals surface area contributed by atoms with E-state index < -0.39 is 23.9 Å².